The van der Waals surface area contributed by atoms with Gasteiger partial charge in [-0.15, -0.1) is 23.1 Å². The molecule has 2 N–H and O–H groups in total. The third-order valence-corrected chi connectivity index (χ3v) is 6.07. The first kappa shape index (κ1) is 14.0. The minimum Gasteiger partial charge on any atom is -0.508 e. The number of phenols is 1. The van der Waals surface area contributed by atoms with Gasteiger partial charge < -0.3 is 10.4 Å². The standard InChI is InChI=1S/C16H19NOS2/c1-10-8-15(14-6-7-19-16(14)20-10)17-11(2)12-4-3-5-13(18)9-12/h3-7,9-11,15,17-18H,8H2,1-2H3/t10-,11?,15?/m0/s1. The smallest absolute Gasteiger partial charge is 0.115 e. The van der Waals surface area contributed by atoms with E-state index in [-0.39, 0.29) is 6.04 Å². The van der Waals surface area contributed by atoms with Gasteiger partial charge in [0.05, 0.1) is 4.21 Å². The van der Waals surface area contributed by atoms with Gasteiger partial charge in [0, 0.05) is 17.3 Å². The number of hydrogen-bond acceptors (Lipinski definition) is 4. The van der Waals surface area contributed by atoms with Crippen molar-refractivity contribution in [1.29, 1.82) is 0 Å². The van der Waals surface area contributed by atoms with Crippen molar-refractivity contribution in [3.05, 3.63) is 46.8 Å². The van der Waals surface area contributed by atoms with Gasteiger partial charge in [0.1, 0.15) is 5.75 Å². The third-order valence-electron chi connectivity index (χ3n) is 3.73. The second-order valence-electron chi connectivity index (χ2n) is 5.36. The molecule has 2 nitrogen and oxygen atoms in total. The number of thioether (sulfide) groups is 1. The summed E-state index contributed by atoms with van der Waals surface area (Å²) in [4.78, 5) is 0. The number of benzene rings is 1. The number of rotatable bonds is 3. The molecule has 0 spiro atoms. The normalized spacial score (nSPS) is 23.3. The lowest BCUT2D eigenvalue weighted by Gasteiger charge is -2.30. The minimum atomic E-state index is 0.232. The van der Waals surface area contributed by atoms with E-state index in [0.29, 0.717) is 17.0 Å². The van der Waals surface area contributed by atoms with E-state index >= 15 is 0 Å². The fourth-order valence-electron chi connectivity index (χ4n) is 2.70. The highest BCUT2D eigenvalue weighted by atomic mass is 32.2. The molecule has 1 aliphatic heterocycles. The fraction of sp³-hybridized carbons (Fsp3) is 0.375. The van der Waals surface area contributed by atoms with Gasteiger partial charge in [-0.1, -0.05) is 19.1 Å². The maximum Gasteiger partial charge on any atom is 0.115 e. The summed E-state index contributed by atoms with van der Waals surface area (Å²) < 4.78 is 1.45. The van der Waals surface area contributed by atoms with Gasteiger partial charge in [-0.05, 0) is 48.1 Å². The van der Waals surface area contributed by atoms with Crippen LogP contribution in [0.3, 0.4) is 0 Å². The molecule has 4 heteroatoms. The highest BCUT2D eigenvalue weighted by Gasteiger charge is 2.27. The molecule has 2 unspecified atom stereocenters. The first-order valence-electron chi connectivity index (χ1n) is 6.92. The molecule has 0 fully saturated rings. The molecule has 106 valence electrons. The molecule has 0 amide bonds. The summed E-state index contributed by atoms with van der Waals surface area (Å²) in [6.07, 6.45) is 1.15. The van der Waals surface area contributed by atoms with Crippen molar-refractivity contribution in [2.75, 3.05) is 0 Å². The van der Waals surface area contributed by atoms with Crippen LogP contribution < -0.4 is 5.32 Å². The fourth-order valence-corrected chi connectivity index (χ4v) is 5.27. The first-order valence-corrected chi connectivity index (χ1v) is 8.68. The SMILES string of the molecule is CC(NC1C[C@H](C)Sc2sccc21)c1cccc(O)c1. The van der Waals surface area contributed by atoms with Crippen LogP contribution in [0.15, 0.2) is 39.9 Å². The van der Waals surface area contributed by atoms with Gasteiger partial charge in [0.2, 0.25) is 0 Å². The van der Waals surface area contributed by atoms with Crippen LogP contribution in [-0.4, -0.2) is 10.4 Å². The molecule has 3 atom stereocenters. The van der Waals surface area contributed by atoms with Crippen molar-refractivity contribution in [2.24, 2.45) is 0 Å². The van der Waals surface area contributed by atoms with Crippen LogP contribution in [0.2, 0.25) is 0 Å². The Balaban J connectivity index is 1.78. The molecule has 0 radical (unpaired) electrons. The van der Waals surface area contributed by atoms with Gasteiger partial charge in [0.15, 0.2) is 0 Å². The number of fused-ring (bicyclic) bond motifs is 1. The van der Waals surface area contributed by atoms with E-state index < -0.39 is 0 Å². The molecule has 20 heavy (non-hydrogen) atoms. The van der Waals surface area contributed by atoms with E-state index in [1.54, 1.807) is 6.07 Å². The molecule has 0 saturated heterocycles. The van der Waals surface area contributed by atoms with Crippen LogP contribution in [0.25, 0.3) is 0 Å². The van der Waals surface area contributed by atoms with Crippen molar-refractivity contribution in [3.8, 4) is 5.75 Å². The van der Waals surface area contributed by atoms with Crippen molar-refractivity contribution in [3.63, 3.8) is 0 Å². The Bertz CT molecular complexity index is 596. The number of aromatic hydroxyl groups is 1. The van der Waals surface area contributed by atoms with E-state index in [2.05, 4.69) is 36.7 Å². The summed E-state index contributed by atoms with van der Waals surface area (Å²) in [5, 5.41) is 16.2. The lowest BCUT2D eigenvalue weighted by atomic mass is 10.0. The zero-order chi connectivity index (χ0) is 14.1. The van der Waals surface area contributed by atoms with E-state index in [1.807, 2.05) is 35.2 Å². The molecule has 2 aromatic rings. The molecule has 0 saturated carbocycles. The number of nitrogens with one attached hydrogen (secondary N) is 1. The van der Waals surface area contributed by atoms with Crippen LogP contribution in [0.1, 0.15) is 43.5 Å². The summed E-state index contributed by atoms with van der Waals surface area (Å²) in [5.41, 5.74) is 2.57. The van der Waals surface area contributed by atoms with E-state index in [0.717, 1.165) is 12.0 Å². The molecule has 3 rings (SSSR count). The first-order chi connectivity index (χ1) is 9.63. The molecular formula is C16H19NOS2. The average Bonchev–Trinajstić information content (AvgIpc) is 2.86. The highest BCUT2D eigenvalue weighted by Crippen LogP contribution is 2.44. The zero-order valence-corrected chi connectivity index (χ0v) is 13.3. The van der Waals surface area contributed by atoms with Crippen molar-refractivity contribution in [2.45, 2.75) is 41.8 Å². The van der Waals surface area contributed by atoms with Crippen molar-refractivity contribution in [1.82, 2.24) is 5.32 Å². The third kappa shape index (κ3) is 2.87. The summed E-state index contributed by atoms with van der Waals surface area (Å²) in [7, 11) is 0. The lowest BCUT2D eigenvalue weighted by molar-refractivity contribution is 0.432. The van der Waals surface area contributed by atoms with Gasteiger partial charge in [-0.2, -0.15) is 0 Å². The quantitative estimate of drug-likeness (QED) is 0.860. The van der Waals surface area contributed by atoms with E-state index in [9.17, 15) is 5.11 Å². The van der Waals surface area contributed by atoms with Crippen LogP contribution in [0.4, 0.5) is 0 Å². The Hall–Kier alpha value is -0.970. The van der Waals surface area contributed by atoms with Crippen LogP contribution in [0, 0.1) is 0 Å². The van der Waals surface area contributed by atoms with Crippen LogP contribution in [0.5, 0.6) is 5.75 Å². The van der Waals surface area contributed by atoms with Gasteiger partial charge in [-0.25, -0.2) is 0 Å². The predicted molar refractivity (Wildman–Crippen MR) is 86.7 cm³/mol. The Morgan fingerprint density at radius 3 is 3.00 bits per heavy atom. The molecule has 1 aromatic carbocycles. The number of phenolic OH excluding ortho intramolecular Hbond substituents is 1. The molecule has 2 heterocycles. The number of thiophene rings is 1. The van der Waals surface area contributed by atoms with E-state index in [4.69, 9.17) is 0 Å². The Kier molecular flexibility index (Phi) is 4.06. The zero-order valence-electron chi connectivity index (χ0n) is 11.7. The molecular weight excluding hydrogens is 286 g/mol. The maximum atomic E-state index is 9.61. The predicted octanol–water partition coefficient (Wildman–Crippen LogP) is 4.73. The summed E-state index contributed by atoms with van der Waals surface area (Å²) in [5.74, 6) is 0.333. The molecule has 0 aliphatic carbocycles. The second kappa shape index (κ2) is 5.80. The monoisotopic (exact) mass is 305 g/mol. The highest BCUT2D eigenvalue weighted by molar-refractivity contribution is 8.01. The van der Waals surface area contributed by atoms with Gasteiger partial charge >= 0.3 is 0 Å². The van der Waals surface area contributed by atoms with Gasteiger partial charge in [0.25, 0.3) is 0 Å². The average molecular weight is 305 g/mol. The Morgan fingerprint density at radius 2 is 2.20 bits per heavy atom. The summed E-state index contributed by atoms with van der Waals surface area (Å²) >= 11 is 3.83. The largest absolute Gasteiger partial charge is 0.508 e. The Morgan fingerprint density at radius 1 is 1.35 bits per heavy atom. The topological polar surface area (TPSA) is 32.3 Å². The maximum absolute atomic E-state index is 9.61. The molecule has 1 aliphatic rings. The Labute approximate surface area is 128 Å². The van der Waals surface area contributed by atoms with E-state index in [1.165, 1.54) is 9.77 Å². The summed E-state index contributed by atoms with van der Waals surface area (Å²) in [6, 6.07) is 10.4. The van der Waals surface area contributed by atoms with Crippen LogP contribution >= 0.6 is 23.1 Å². The number of hydrogen-bond donors (Lipinski definition) is 2. The molecule has 1 aromatic heterocycles. The summed E-state index contributed by atoms with van der Waals surface area (Å²) in [6.45, 7) is 4.45. The lowest BCUT2D eigenvalue weighted by Crippen LogP contribution is -2.28. The van der Waals surface area contributed by atoms with Gasteiger partial charge in [-0.3, -0.25) is 0 Å². The minimum absolute atomic E-state index is 0.232. The molecule has 0 bridgehead atoms. The van der Waals surface area contributed by atoms with Crippen molar-refractivity contribution >= 4 is 23.1 Å². The van der Waals surface area contributed by atoms with Crippen molar-refractivity contribution < 1.29 is 5.11 Å². The second-order valence-corrected chi connectivity index (χ2v) is 7.99. The van der Waals surface area contributed by atoms with Crippen LogP contribution in [-0.2, 0) is 0 Å².